The summed E-state index contributed by atoms with van der Waals surface area (Å²) in [6, 6.07) is 16.0. The van der Waals surface area contributed by atoms with E-state index in [2.05, 4.69) is 0 Å². The third-order valence-corrected chi connectivity index (χ3v) is 6.70. The minimum Gasteiger partial charge on any atom is -0.207 e. The quantitative estimate of drug-likeness (QED) is 0.749. The van der Waals surface area contributed by atoms with Crippen molar-refractivity contribution in [3.63, 3.8) is 0 Å². The van der Waals surface area contributed by atoms with Crippen LogP contribution in [-0.4, -0.2) is 31.6 Å². The fraction of sp³-hybridized carbons (Fsp3) is 0.368. The Morgan fingerprint density at radius 1 is 0.926 bits per heavy atom. The molecule has 0 N–H and O–H groups in total. The number of hydrogen-bond acceptors (Lipinski definition) is 6. The molecular formula is C19H21NO6S. The molecule has 2 fully saturated rings. The normalized spacial score (nSPS) is 21.4. The summed E-state index contributed by atoms with van der Waals surface area (Å²) in [5, 5.41) is 0. The first kappa shape index (κ1) is 18.5. The summed E-state index contributed by atoms with van der Waals surface area (Å²) in [7, 11) is -3.53. The number of piperidine rings is 1. The average molecular weight is 391 g/mol. The lowest BCUT2D eigenvalue weighted by Gasteiger charge is -2.41. The molecular weight excluding hydrogens is 370 g/mol. The van der Waals surface area contributed by atoms with E-state index in [-0.39, 0.29) is 18.0 Å². The molecule has 8 heteroatoms. The van der Waals surface area contributed by atoms with Crippen LogP contribution >= 0.6 is 0 Å². The summed E-state index contributed by atoms with van der Waals surface area (Å²) in [5.74, 6) is -1.09. The molecule has 0 aromatic heterocycles. The molecule has 2 heterocycles. The highest BCUT2D eigenvalue weighted by molar-refractivity contribution is 7.89. The predicted octanol–water partition coefficient (Wildman–Crippen LogP) is 3.08. The Morgan fingerprint density at radius 3 is 2.11 bits per heavy atom. The summed E-state index contributed by atoms with van der Waals surface area (Å²) in [4.78, 5) is 22.1. The highest BCUT2D eigenvalue weighted by Gasteiger charge is 2.46. The zero-order valence-corrected chi connectivity index (χ0v) is 15.7. The molecule has 0 bridgehead atoms. The molecule has 144 valence electrons. The number of sulfonamides is 1. The number of benzene rings is 2. The molecule has 27 heavy (non-hydrogen) atoms. The van der Waals surface area contributed by atoms with Crippen molar-refractivity contribution in [2.45, 2.75) is 36.7 Å². The molecule has 2 aliphatic rings. The van der Waals surface area contributed by atoms with Crippen molar-refractivity contribution in [2.75, 3.05) is 13.1 Å². The van der Waals surface area contributed by atoms with E-state index in [1.807, 2.05) is 31.2 Å². The Balaban J connectivity index is 1.38. The third kappa shape index (κ3) is 3.77. The minimum absolute atomic E-state index is 0.249. The molecule has 0 radical (unpaired) electrons. The van der Waals surface area contributed by atoms with Crippen molar-refractivity contribution < 1.29 is 28.0 Å². The van der Waals surface area contributed by atoms with Gasteiger partial charge in [-0.1, -0.05) is 48.0 Å². The number of rotatable bonds is 3. The van der Waals surface area contributed by atoms with E-state index < -0.39 is 22.1 Å². The first-order valence-electron chi connectivity index (χ1n) is 8.79. The van der Waals surface area contributed by atoms with E-state index in [4.69, 9.17) is 19.6 Å². The summed E-state index contributed by atoms with van der Waals surface area (Å²) in [6.45, 7) is 2.49. The van der Waals surface area contributed by atoms with Crippen molar-refractivity contribution in [3.05, 3.63) is 65.7 Å². The van der Waals surface area contributed by atoms with Crippen molar-refractivity contribution in [1.29, 1.82) is 0 Å². The molecule has 4 rings (SSSR count). The minimum atomic E-state index is -3.53. The molecule has 2 aliphatic heterocycles. The monoisotopic (exact) mass is 391 g/mol. The molecule has 0 unspecified atom stereocenters. The molecule has 0 amide bonds. The third-order valence-electron chi connectivity index (χ3n) is 4.79. The van der Waals surface area contributed by atoms with E-state index in [0.29, 0.717) is 12.8 Å². The van der Waals surface area contributed by atoms with Crippen molar-refractivity contribution >= 4 is 10.0 Å². The fourth-order valence-electron chi connectivity index (χ4n) is 3.10. The van der Waals surface area contributed by atoms with Gasteiger partial charge in [0.25, 0.3) is 0 Å². The molecule has 2 aromatic carbocycles. The Morgan fingerprint density at radius 2 is 1.52 bits per heavy atom. The van der Waals surface area contributed by atoms with Gasteiger partial charge < -0.3 is 0 Å². The van der Waals surface area contributed by atoms with Crippen LogP contribution in [0.15, 0.2) is 59.5 Å². The Labute approximate surface area is 158 Å². The lowest BCUT2D eigenvalue weighted by molar-refractivity contribution is -0.633. The molecule has 1 spiro atoms. The summed E-state index contributed by atoms with van der Waals surface area (Å²) in [6.07, 6.45) is -0.165. The van der Waals surface area contributed by atoms with E-state index in [0.717, 1.165) is 11.1 Å². The fourth-order valence-corrected chi connectivity index (χ4v) is 4.57. The maximum atomic E-state index is 12.7. The van der Waals surface area contributed by atoms with E-state index in [1.165, 1.54) is 4.31 Å². The Kier molecular flexibility index (Phi) is 5.02. The molecule has 0 saturated carbocycles. The zero-order chi connectivity index (χ0) is 18.9. The van der Waals surface area contributed by atoms with Gasteiger partial charge in [-0.3, -0.25) is 0 Å². The van der Waals surface area contributed by atoms with Gasteiger partial charge in [-0.05, 0) is 19.1 Å². The highest BCUT2D eigenvalue weighted by Crippen LogP contribution is 2.38. The second-order valence-electron chi connectivity index (χ2n) is 6.73. The van der Waals surface area contributed by atoms with Crippen LogP contribution in [0.1, 0.15) is 30.3 Å². The van der Waals surface area contributed by atoms with Gasteiger partial charge in [0.2, 0.25) is 22.1 Å². The second-order valence-corrected chi connectivity index (χ2v) is 8.67. The van der Waals surface area contributed by atoms with Gasteiger partial charge >= 0.3 is 0 Å². The standard InChI is InChI=1S/C19H21NO6S/c1-15-7-9-16(10-8-15)18-23-25-19(26-24-18)11-13-20(14-12-19)27(21,22)17-5-3-2-4-6-17/h2-10,18H,11-14H2,1H3. The molecule has 2 saturated heterocycles. The van der Waals surface area contributed by atoms with Gasteiger partial charge in [0.15, 0.2) is 0 Å². The van der Waals surface area contributed by atoms with Gasteiger partial charge in [-0.25, -0.2) is 8.42 Å². The predicted molar refractivity (Wildman–Crippen MR) is 95.4 cm³/mol. The molecule has 7 nitrogen and oxygen atoms in total. The average Bonchev–Trinajstić information content (AvgIpc) is 2.70. The van der Waals surface area contributed by atoms with Gasteiger partial charge in [0.1, 0.15) is 0 Å². The van der Waals surface area contributed by atoms with Crippen LogP contribution in [0.4, 0.5) is 0 Å². The maximum Gasteiger partial charge on any atom is 0.249 e. The molecule has 2 aromatic rings. The lowest BCUT2D eigenvalue weighted by Crippen LogP contribution is -2.51. The number of hydrogen-bond donors (Lipinski definition) is 0. The van der Waals surface area contributed by atoms with Gasteiger partial charge in [0.05, 0.1) is 4.90 Å². The molecule has 0 aliphatic carbocycles. The van der Waals surface area contributed by atoms with Crippen LogP contribution < -0.4 is 0 Å². The van der Waals surface area contributed by atoms with E-state index >= 15 is 0 Å². The van der Waals surface area contributed by atoms with Crippen LogP contribution in [-0.2, 0) is 29.6 Å². The van der Waals surface area contributed by atoms with Crippen molar-refractivity contribution in [3.8, 4) is 0 Å². The van der Waals surface area contributed by atoms with Crippen molar-refractivity contribution in [2.24, 2.45) is 0 Å². The van der Waals surface area contributed by atoms with Crippen LogP contribution in [0.3, 0.4) is 0 Å². The van der Waals surface area contributed by atoms with E-state index in [9.17, 15) is 8.42 Å². The second kappa shape index (κ2) is 7.31. The highest BCUT2D eigenvalue weighted by atomic mass is 32.2. The van der Waals surface area contributed by atoms with Crippen LogP contribution in [0.2, 0.25) is 0 Å². The Bertz CT molecular complexity index is 866. The smallest absolute Gasteiger partial charge is 0.207 e. The van der Waals surface area contributed by atoms with Crippen LogP contribution in [0.5, 0.6) is 0 Å². The lowest BCUT2D eigenvalue weighted by atomic mass is 10.1. The largest absolute Gasteiger partial charge is 0.249 e. The number of nitrogens with zero attached hydrogens (tertiary/aromatic N) is 1. The molecule has 0 atom stereocenters. The summed E-state index contributed by atoms with van der Waals surface area (Å²) >= 11 is 0. The van der Waals surface area contributed by atoms with Crippen LogP contribution in [0, 0.1) is 6.92 Å². The first-order valence-corrected chi connectivity index (χ1v) is 10.2. The topological polar surface area (TPSA) is 74.3 Å². The zero-order valence-electron chi connectivity index (χ0n) is 14.9. The van der Waals surface area contributed by atoms with E-state index in [1.54, 1.807) is 30.3 Å². The first-order chi connectivity index (χ1) is 13.0. The SMILES string of the molecule is Cc1ccc(C2OOC3(CCN(S(=O)(=O)c4ccccc4)CC3)OO2)cc1. The summed E-state index contributed by atoms with van der Waals surface area (Å²) < 4.78 is 26.8. The van der Waals surface area contributed by atoms with Crippen molar-refractivity contribution in [1.82, 2.24) is 4.31 Å². The van der Waals surface area contributed by atoms with Gasteiger partial charge in [0, 0.05) is 31.5 Å². The summed E-state index contributed by atoms with van der Waals surface area (Å²) in [5.41, 5.74) is 1.90. The maximum absolute atomic E-state index is 12.7. The van der Waals surface area contributed by atoms with Gasteiger partial charge in [-0.15, -0.1) is 0 Å². The number of aryl methyl sites for hydroxylation is 1. The van der Waals surface area contributed by atoms with Gasteiger partial charge in [-0.2, -0.15) is 23.9 Å². The Hall–Kier alpha value is -1.81. The van der Waals surface area contributed by atoms with Crippen LogP contribution in [0.25, 0.3) is 0 Å².